The second kappa shape index (κ2) is 3.83. The molecule has 0 aromatic carbocycles. The molecule has 1 saturated carbocycles. The second-order valence-corrected chi connectivity index (χ2v) is 6.01. The number of thioether (sulfide) groups is 1. The Morgan fingerprint density at radius 2 is 2.36 bits per heavy atom. The first-order valence-electron chi connectivity index (χ1n) is 5.20. The molecule has 1 unspecified atom stereocenters. The van der Waals surface area contributed by atoms with Gasteiger partial charge in [-0.05, 0) is 12.8 Å². The molecule has 76 valence electrons. The molecule has 0 amide bonds. The molecule has 0 bridgehead atoms. The highest BCUT2D eigenvalue weighted by atomic mass is 32.2. The van der Waals surface area contributed by atoms with Crippen LogP contribution in [0.5, 0.6) is 0 Å². The van der Waals surface area contributed by atoms with Crippen LogP contribution in [0.2, 0.25) is 0 Å². The van der Waals surface area contributed by atoms with E-state index in [0.29, 0.717) is 6.04 Å². The summed E-state index contributed by atoms with van der Waals surface area (Å²) in [6.45, 7) is 1.13. The molecule has 1 saturated heterocycles. The Hall–Kier alpha value is -0.0600. The van der Waals surface area contributed by atoms with Crippen LogP contribution in [-0.2, 0) is 0 Å². The summed E-state index contributed by atoms with van der Waals surface area (Å²) in [6, 6.07) is 0.520. The largest absolute Gasteiger partial charge is 0.306 e. The third kappa shape index (κ3) is 1.83. The monoisotopic (exact) mass is 226 g/mol. The standard InChI is InChI=1S/C10H14N2S2/c1-2-7(1)8-6-14-10(12-8)9-5-13-4-3-11-9/h6-7,9,11H,1-5H2. The molecule has 1 aliphatic carbocycles. The molecular formula is C10H14N2S2. The van der Waals surface area contributed by atoms with Gasteiger partial charge in [-0.2, -0.15) is 11.8 Å². The maximum atomic E-state index is 4.74. The van der Waals surface area contributed by atoms with Gasteiger partial charge in [0.05, 0.1) is 11.7 Å². The van der Waals surface area contributed by atoms with Crippen molar-refractivity contribution in [2.75, 3.05) is 18.1 Å². The van der Waals surface area contributed by atoms with Crippen LogP contribution in [0.25, 0.3) is 0 Å². The second-order valence-electron chi connectivity index (χ2n) is 3.97. The maximum Gasteiger partial charge on any atom is 0.111 e. The third-order valence-corrected chi connectivity index (χ3v) is 4.79. The number of aromatic nitrogens is 1. The summed E-state index contributed by atoms with van der Waals surface area (Å²) >= 11 is 3.87. The zero-order valence-electron chi connectivity index (χ0n) is 8.03. The van der Waals surface area contributed by atoms with Crippen LogP contribution >= 0.6 is 23.1 Å². The average Bonchev–Trinajstić information content (AvgIpc) is 2.98. The lowest BCUT2D eigenvalue weighted by atomic mass is 10.3. The van der Waals surface area contributed by atoms with Gasteiger partial charge in [0.25, 0.3) is 0 Å². The van der Waals surface area contributed by atoms with Crippen molar-refractivity contribution < 1.29 is 0 Å². The number of rotatable bonds is 2. The number of nitrogens with zero attached hydrogens (tertiary/aromatic N) is 1. The molecule has 1 aromatic heterocycles. The highest BCUT2D eigenvalue weighted by Crippen LogP contribution is 2.41. The first kappa shape index (κ1) is 9.19. The average molecular weight is 226 g/mol. The highest BCUT2D eigenvalue weighted by Gasteiger charge is 2.27. The van der Waals surface area contributed by atoms with Crippen LogP contribution in [0.15, 0.2) is 5.38 Å². The zero-order valence-corrected chi connectivity index (χ0v) is 9.66. The lowest BCUT2D eigenvalue weighted by Gasteiger charge is -2.20. The van der Waals surface area contributed by atoms with Crippen molar-refractivity contribution in [3.05, 3.63) is 16.1 Å². The normalized spacial score (nSPS) is 27.9. The van der Waals surface area contributed by atoms with E-state index < -0.39 is 0 Å². The summed E-state index contributed by atoms with van der Waals surface area (Å²) < 4.78 is 0. The summed E-state index contributed by atoms with van der Waals surface area (Å²) in [4.78, 5) is 4.74. The molecule has 2 nitrogen and oxygen atoms in total. The molecule has 1 N–H and O–H groups in total. The van der Waals surface area contributed by atoms with Crippen LogP contribution < -0.4 is 5.32 Å². The van der Waals surface area contributed by atoms with Crippen molar-refractivity contribution in [1.29, 1.82) is 0 Å². The Kier molecular flexibility index (Phi) is 2.51. The molecule has 1 aromatic rings. The number of hydrogen-bond donors (Lipinski definition) is 1. The molecule has 2 heterocycles. The van der Waals surface area contributed by atoms with E-state index in [2.05, 4.69) is 10.7 Å². The Morgan fingerprint density at radius 3 is 3.07 bits per heavy atom. The molecule has 3 rings (SSSR count). The van der Waals surface area contributed by atoms with Gasteiger partial charge in [-0.3, -0.25) is 0 Å². The topological polar surface area (TPSA) is 24.9 Å². The molecule has 4 heteroatoms. The highest BCUT2D eigenvalue weighted by molar-refractivity contribution is 7.99. The Bertz CT molecular complexity index is 314. The summed E-state index contributed by atoms with van der Waals surface area (Å²) in [5.74, 6) is 3.24. The van der Waals surface area contributed by atoms with Crippen LogP contribution in [0.1, 0.15) is 35.5 Å². The summed E-state index contributed by atoms with van der Waals surface area (Å²) in [5, 5.41) is 7.10. The van der Waals surface area contributed by atoms with Crippen LogP contribution in [0.3, 0.4) is 0 Å². The van der Waals surface area contributed by atoms with Crippen LogP contribution in [-0.4, -0.2) is 23.0 Å². The van der Waals surface area contributed by atoms with Crippen molar-refractivity contribution in [2.45, 2.75) is 24.8 Å². The Balaban J connectivity index is 1.74. The van der Waals surface area contributed by atoms with Crippen molar-refractivity contribution in [3.63, 3.8) is 0 Å². The molecule has 0 radical (unpaired) electrons. The third-order valence-electron chi connectivity index (χ3n) is 2.76. The molecule has 14 heavy (non-hydrogen) atoms. The summed E-state index contributed by atoms with van der Waals surface area (Å²) in [5.41, 5.74) is 1.35. The SMILES string of the molecule is c1sc(C2CSCCN2)nc1C1CC1. The summed E-state index contributed by atoms with van der Waals surface area (Å²) in [7, 11) is 0. The van der Waals surface area contributed by atoms with E-state index in [1.807, 2.05) is 23.1 Å². The predicted octanol–water partition coefficient (Wildman–Crippen LogP) is 2.40. The quantitative estimate of drug-likeness (QED) is 0.838. The van der Waals surface area contributed by atoms with Gasteiger partial charge < -0.3 is 5.32 Å². The van der Waals surface area contributed by atoms with E-state index in [0.717, 1.165) is 12.5 Å². The molecule has 2 aliphatic rings. The van der Waals surface area contributed by atoms with Crippen molar-refractivity contribution in [3.8, 4) is 0 Å². The Morgan fingerprint density at radius 1 is 1.43 bits per heavy atom. The van der Waals surface area contributed by atoms with Gasteiger partial charge in [0, 0.05) is 29.3 Å². The first-order chi connectivity index (χ1) is 6.93. The van der Waals surface area contributed by atoms with Crippen LogP contribution in [0.4, 0.5) is 0 Å². The molecule has 0 spiro atoms. The smallest absolute Gasteiger partial charge is 0.111 e. The van der Waals surface area contributed by atoms with Crippen LogP contribution in [0, 0.1) is 0 Å². The predicted molar refractivity (Wildman–Crippen MR) is 62.2 cm³/mol. The maximum absolute atomic E-state index is 4.74. The van der Waals surface area contributed by atoms with E-state index in [1.165, 1.54) is 35.0 Å². The molecule has 1 aliphatic heterocycles. The first-order valence-corrected chi connectivity index (χ1v) is 7.23. The van der Waals surface area contributed by atoms with Gasteiger partial charge in [-0.15, -0.1) is 11.3 Å². The Labute approximate surface area is 92.5 Å². The lowest BCUT2D eigenvalue weighted by molar-refractivity contribution is 0.590. The zero-order chi connectivity index (χ0) is 9.38. The van der Waals surface area contributed by atoms with Gasteiger partial charge in [0.15, 0.2) is 0 Å². The number of thiazole rings is 1. The minimum atomic E-state index is 0.520. The van der Waals surface area contributed by atoms with Gasteiger partial charge in [0.2, 0.25) is 0 Å². The van der Waals surface area contributed by atoms with Crippen molar-refractivity contribution in [2.24, 2.45) is 0 Å². The molecule has 1 atom stereocenters. The molecular weight excluding hydrogens is 212 g/mol. The van der Waals surface area contributed by atoms with Gasteiger partial charge in [0.1, 0.15) is 5.01 Å². The number of nitrogens with one attached hydrogen (secondary N) is 1. The van der Waals surface area contributed by atoms with E-state index in [9.17, 15) is 0 Å². The van der Waals surface area contributed by atoms with Gasteiger partial charge in [-0.1, -0.05) is 0 Å². The van der Waals surface area contributed by atoms with E-state index in [4.69, 9.17) is 4.98 Å². The van der Waals surface area contributed by atoms with Gasteiger partial charge in [-0.25, -0.2) is 4.98 Å². The van der Waals surface area contributed by atoms with Crippen molar-refractivity contribution in [1.82, 2.24) is 10.3 Å². The van der Waals surface area contributed by atoms with Gasteiger partial charge >= 0.3 is 0 Å². The fourth-order valence-corrected chi connectivity index (χ4v) is 3.77. The lowest BCUT2D eigenvalue weighted by Crippen LogP contribution is -2.30. The van der Waals surface area contributed by atoms with E-state index in [-0.39, 0.29) is 0 Å². The minimum Gasteiger partial charge on any atom is -0.306 e. The van der Waals surface area contributed by atoms with Crippen molar-refractivity contribution >= 4 is 23.1 Å². The molecule has 2 fully saturated rings. The fourth-order valence-electron chi connectivity index (χ4n) is 1.75. The number of hydrogen-bond acceptors (Lipinski definition) is 4. The summed E-state index contributed by atoms with van der Waals surface area (Å²) in [6.07, 6.45) is 2.71. The minimum absolute atomic E-state index is 0.520. The van der Waals surface area contributed by atoms with E-state index >= 15 is 0 Å². The van der Waals surface area contributed by atoms with E-state index in [1.54, 1.807) is 0 Å². The fraction of sp³-hybridized carbons (Fsp3) is 0.700.